The van der Waals surface area contributed by atoms with Crippen molar-refractivity contribution < 1.29 is 4.74 Å². The molecule has 0 aliphatic rings. The lowest BCUT2D eigenvalue weighted by atomic mass is 10.1. The van der Waals surface area contributed by atoms with Gasteiger partial charge in [0.2, 0.25) is 0 Å². The highest BCUT2D eigenvalue weighted by Crippen LogP contribution is 2.24. The molecule has 1 atom stereocenters. The quantitative estimate of drug-likeness (QED) is 0.645. The van der Waals surface area contributed by atoms with Crippen LogP contribution in [-0.2, 0) is 4.74 Å². The van der Waals surface area contributed by atoms with E-state index in [0.717, 1.165) is 10.5 Å². The number of nitrogens with zero attached hydrogens (tertiary/aromatic N) is 2. The van der Waals surface area contributed by atoms with Crippen molar-refractivity contribution in [2.24, 2.45) is 4.99 Å². The molecule has 24 heavy (non-hydrogen) atoms. The Balaban J connectivity index is 2.12. The Morgan fingerprint density at radius 3 is 2.46 bits per heavy atom. The standard InChI is InChI=1S/C20H22N2OS/c1-15-9-11-18(12-10-15)21-20-22(16(2)13-23-3)19(14-24-20)17-7-5-4-6-8-17/h4-12,14,16H,13H2,1-3H3/t16-/m1/s1. The van der Waals surface area contributed by atoms with Crippen molar-refractivity contribution in [3.63, 3.8) is 0 Å². The Labute approximate surface area is 146 Å². The molecule has 0 bridgehead atoms. The molecule has 4 heteroatoms. The molecule has 1 aromatic heterocycles. The summed E-state index contributed by atoms with van der Waals surface area (Å²) in [5.74, 6) is 0. The molecular formula is C20H22N2OS. The summed E-state index contributed by atoms with van der Waals surface area (Å²) in [6.45, 7) is 4.90. The van der Waals surface area contributed by atoms with Gasteiger partial charge in [0.15, 0.2) is 4.80 Å². The summed E-state index contributed by atoms with van der Waals surface area (Å²) in [7, 11) is 1.74. The third kappa shape index (κ3) is 3.66. The van der Waals surface area contributed by atoms with Gasteiger partial charge in [0.1, 0.15) is 0 Å². The second kappa shape index (κ2) is 7.60. The van der Waals surface area contributed by atoms with Gasteiger partial charge in [-0.3, -0.25) is 0 Å². The Hall–Kier alpha value is -2.17. The van der Waals surface area contributed by atoms with Gasteiger partial charge in [-0.2, -0.15) is 0 Å². The van der Waals surface area contributed by atoms with Crippen LogP contribution in [0, 0.1) is 6.92 Å². The van der Waals surface area contributed by atoms with Gasteiger partial charge in [-0.15, -0.1) is 11.3 Å². The van der Waals surface area contributed by atoms with Crippen LogP contribution < -0.4 is 4.80 Å². The van der Waals surface area contributed by atoms with Crippen LogP contribution in [0.2, 0.25) is 0 Å². The monoisotopic (exact) mass is 338 g/mol. The van der Waals surface area contributed by atoms with Crippen molar-refractivity contribution in [3.05, 3.63) is 70.3 Å². The highest BCUT2D eigenvalue weighted by molar-refractivity contribution is 7.07. The molecule has 0 aliphatic carbocycles. The molecule has 2 aromatic carbocycles. The topological polar surface area (TPSA) is 26.5 Å². The van der Waals surface area contributed by atoms with E-state index in [1.54, 1.807) is 18.4 Å². The van der Waals surface area contributed by atoms with Crippen LogP contribution in [0.25, 0.3) is 11.3 Å². The number of benzene rings is 2. The van der Waals surface area contributed by atoms with Crippen molar-refractivity contribution in [1.82, 2.24) is 4.57 Å². The van der Waals surface area contributed by atoms with Crippen LogP contribution in [0.15, 0.2) is 65.0 Å². The number of rotatable bonds is 5. The Morgan fingerprint density at radius 1 is 1.08 bits per heavy atom. The Morgan fingerprint density at radius 2 is 1.79 bits per heavy atom. The molecule has 0 saturated carbocycles. The molecule has 0 unspecified atom stereocenters. The number of thiazole rings is 1. The third-order valence-electron chi connectivity index (χ3n) is 3.92. The summed E-state index contributed by atoms with van der Waals surface area (Å²) in [6.07, 6.45) is 0. The summed E-state index contributed by atoms with van der Waals surface area (Å²) in [4.78, 5) is 5.85. The van der Waals surface area contributed by atoms with E-state index in [0.29, 0.717) is 6.61 Å². The molecule has 0 fully saturated rings. The second-order valence-electron chi connectivity index (χ2n) is 5.89. The van der Waals surface area contributed by atoms with Crippen LogP contribution in [-0.4, -0.2) is 18.3 Å². The highest BCUT2D eigenvalue weighted by Gasteiger charge is 2.13. The Kier molecular flexibility index (Phi) is 5.28. The number of aromatic nitrogens is 1. The number of methoxy groups -OCH3 is 1. The first-order valence-corrected chi connectivity index (χ1v) is 8.93. The number of ether oxygens (including phenoxy) is 1. The molecule has 3 rings (SSSR count). The lowest BCUT2D eigenvalue weighted by Crippen LogP contribution is -2.22. The number of hydrogen-bond acceptors (Lipinski definition) is 3. The maximum atomic E-state index is 5.38. The predicted molar refractivity (Wildman–Crippen MR) is 101 cm³/mol. The molecular weight excluding hydrogens is 316 g/mol. The maximum absolute atomic E-state index is 5.38. The van der Waals surface area contributed by atoms with Gasteiger partial charge in [-0.1, -0.05) is 48.0 Å². The van der Waals surface area contributed by atoms with Gasteiger partial charge in [-0.25, -0.2) is 4.99 Å². The largest absolute Gasteiger partial charge is 0.383 e. The van der Waals surface area contributed by atoms with Gasteiger partial charge >= 0.3 is 0 Å². The molecule has 124 valence electrons. The van der Waals surface area contributed by atoms with Gasteiger partial charge in [0, 0.05) is 12.5 Å². The van der Waals surface area contributed by atoms with E-state index < -0.39 is 0 Å². The lowest BCUT2D eigenvalue weighted by molar-refractivity contribution is 0.162. The van der Waals surface area contributed by atoms with E-state index in [4.69, 9.17) is 9.73 Å². The van der Waals surface area contributed by atoms with Crippen molar-refractivity contribution in [3.8, 4) is 11.3 Å². The minimum Gasteiger partial charge on any atom is -0.383 e. The maximum Gasteiger partial charge on any atom is 0.190 e. The average molecular weight is 338 g/mol. The van der Waals surface area contributed by atoms with E-state index in [-0.39, 0.29) is 6.04 Å². The minimum atomic E-state index is 0.209. The van der Waals surface area contributed by atoms with E-state index in [2.05, 4.69) is 72.3 Å². The van der Waals surface area contributed by atoms with Crippen molar-refractivity contribution in [2.75, 3.05) is 13.7 Å². The first kappa shape index (κ1) is 16.7. The van der Waals surface area contributed by atoms with Crippen molar-refractivity contribution in [2.45, 2.75) is 19.9 Å². The van der Waals surface area contributed by atoms with E-state index in [9.17, 15) is 0 Å². The normalized spacial score (nSPS) is 13.2. The Bertz CT molecular complexity index is 847. The molecule has 0 amide bonds. The molecule has 1 heterocycles. The van der Waals surface area contributed by atoms with E-state index >= 15 is 0 Å². The zero-order chi connectivity index (χ0) is 16.9. The van der Waals surface area contributed by atoms with Crippen molar-refractivity contribution in [1.29, 1.82) is 0 Å². The summed E-state index contributed by atoms with van der Waals surface area (Å²) in [5.41, 5.74) is 4.59. The lowest BCUT2D eigenvalue weighted by Gasteiger charge is -2.16. The molecule has 3 aromatic rings. The fourth-order valence-corrected chi connectivity index (χ4v) is 3.71. The number of aryl methyl sites for hydroxylation is 1. The second-order valence-corrected chi connectivity index (χ2v) is 6.73. The first-order valence-electron chi connectivity index (χ1n) is 8.05. The van der Waals surface area contributed by atoms with Gasteiger partial charge in [0.05, 0.1) is 24.0 Å². The summed E-state index contributed by atoms with van der Waals surface area (Å²) in [5, 5.41) is 2.18. The SMILES string of the molecule is COC[C@@H](C)n1c(-c2ccccc2)csc1=Nc1ccc(C)cc1. The zero-order valence-electron chi connectivity index (χ0n) is 14.3. The van der Waals surface area contributed by atoms with Gasteiger partial charge in [-0.05, 0) is 31.5 Å². The summed E-state index contributed by atoms with van der Waals surface area (Å²) >= 11 is 1.66. The zero-order valence-corrected chi connectivity index (χ0v) is 15.1. The van der Waals surface area contributed by atoms with E-state index in [1.807, 2.05) is 6.07 Å². The van der Waals surface area contributed by atoms with Crippen molar-refractivity contribution >= 4 is 17.0 Å². The summed E-state index contributed by atoms with van der Waals surface area (Å²) in [6, 6.07) is 18.9. The van der Waals surface area contributed by atoms with E-state index in [1.165, 1.54) is 16.8 Å². The predicted octanol–water partition coefficient (Wildman–Crippen LogP) is 4.96. The van der Waals surface area contributed by atoms with Crippen LogP contribution in [0.3, 0.4) is 0 Å². The molecule has 0 aliphatic heterocycles. The van der Waals surface area contributed by atoms with Gasteiger partial charge < -0.3 is 9.30 Å². The molecule has 0 spiro atoms. The van der Waals surface area contributed by atoms with Crippen LogP contribution in [0.1, 0.15) is 18.5 Å². The fraction of sp³-hybridized carbons (Fsp3) is 0.250. The minimum absolute atomic E-state index is 0.209. The fourth-order valence-electron chi connectivity index (χ4n) is 2.69. The first-order chi connectivity index (χ1) is 11.7. The molecule has 0 radical (unpaired) electrons. The van der Waals surface area contributed by atoms with Crippen LogP contribution in [0.5, 0.6) is 0 Å². The molecule has 0 N–H and O–H groups in total. The highest BCUT2D eigenvalue weighted by atomic mass is 32.1. The molecule has 3 nitrogen and oxygen atoms in total. The average Bonchev–Trinajstić information content (AvgIpc) is 3.01. The number of hydrogen-bond donors (Lipinski definition) is 0. The smallest absolute Gasteiger partial charge is 0.190 e. The summed E-state index contributed by atoms with van der Waals surface area (Å²) < 4.78 is 7.65. The van der Waals surface area contributed by atoms with Crippen LogP contribution in [0.4, 0.5) is 5.69 Å². The molecule has 0 saturated heterocycles. The third-order valence-corrected chi connectivity index (χ3v) is 4.76. The van der Waals surface area contributed by atoms with Gasteiger partial charge in [0.25, 0.3) is 0 Å². The van der Waals surface area contributed by atoms with Crippen LogP contribution >= 0.6 is 11.3 Å².